The lowest BCUT2D eigenvalue weighted by atomic mass is 9.80. The molecule has 0 bridgehead atoms. The molecule has 0 radical (unpaired) electrons. The smallest absolute Gasteiger partial charge is 0.350 e. The van der Waals surface area contributed by atoms with E-state index in [1.807, 2.05) is 4.90 Å². The number of para-hydroxylation sites is 1. The van der Waals surface area contributed by atoms with E-state index in [1.165, 1.54) is 16.7 Å². The SMILES string of the molecule is CC[C@@H](C)[C@@H]1CN(c2c(F)cccc2Cl)Cc2cc(F)c(-n3nc(CO)n(CC)c3=O)cc21. The van der Waals surface area contributed by atoms with Crippen LogP contribution in [0.15, 0.2) is 35.1 Å². The Balaban J connectivity index is 1.85. The third kappa shape index (κ3) is 4.06. The Morgan fingerprint density at radius 2 is 2.00 bits per heavy atom. The maximum Gasteiger partial charge on any atom is 0.350 e. The molecule has 2 heterocycles. The molecular formula is C24H27ClF2N4O2. The summed E-state index contributed by atoms with van der Waals surface area (Å²) in [7, 11) is 0. The second kappa shape index (κ2) is 9.27. The molecule has 9 heteroatoms. The third-order valence-electron chi connectivity index (χ3n) is 6.60. The molecule has 1 aliphatic rings. The van der Waals surface area contributed by atoms with Crippen LogP contribution in [0.3, 0.4) is 0 Å². The molecule has 0 spiro atoms. The summed E-state index contributed by atoms with van der Waals surface area (Å²) in [6, 6.07) is 7.65. The fourth-order valence-corrected chi connectivity index (χ4v) is 4.91. The van der Waals surface area contributed by atoms with Gasteiger partial charge in [-0.05, 0) is 48.2 Å². The minimum Gasteiger partial charge on any atom is -0.388 e. The molecule has 1 N–H and O–H groups in total. The van der Waals surface area contributed by atoms with Gasteiger partial charge in [-0.3, -0.25) is 4.57 Å². The summed E-state index contributed by atoms with van der Waals surface area (Å²) in [5.41, 5.74) is 1.49. The van der Waals surface area contributed by atoms with Gasteiger partial charge in [-0.2, -0.15) is 4.68 Å². The van der Waals surface area contributed by atoms with Gasteiger partial charge in [0.25, 0.3) is 0 Å². The van der Waals surface area contributed by atoms with Crippen molar-refractivity contribution < 1.29 is 13.9 Å². The lowest BCUT2D eigenvalue weighted by molar-refractivity contribution is 0.264. The van der Waals surface area contributed by atoms with Crippen LogP contribution in [0.25, 0.3) is 5.69 Å². The molecule has 1 aromatic heterocycles. The quantitative estimate of drug-likeness (QED) is 0.563. The molecule has 0 fully saturated rings. The van der Waals surface area contributed by atoms with E-state index in [4.69, 9.17) is 11.6 Å². The maximum absolute atomic E-state index is 15.3. The Bertz CT molecular complexity index is 1220. The van der Waals surface area contributed by atoms with Crippen LogP contribution in [0.4, 0.5) is 14.5 Å². The van der Waals surface area contributed by atoms with Crippen molar-refractivity contribution in [2.45, 2.75) is 52.8 Å². The van der Waals surface area contributed by atoms with Crippen molar-refractivity contribution in [3.63, 3.8) is 0 Å². The lowest BCUT2D eigenvalue weighted by Crippen LogP contribution is -2.37. The number of hydrogen-bond acceptors (Lipinski definition) is 4. The second-order valence-corrected chi connectivity index (χ2v) is 8.87. The fourth-order valence-electron chi connectivity index (χ4n) is 4.63. The monoisotopic (exact) mass is 476 g/mol. The van der Waals surface area contributed by atoms with Crippen LogP contribution in [0.5, 0.6) is 0 Å². The number of aliphatic hydroxyl groups excluding tert-OH is 1. The largest absolute Gasteiger partial charge is 0.388 e. The van der Waals surface area contributed by atoms with E-state index in [9.17, 15) is 14.3 Å². The molecule has 3 aromatic rings. The van der Waals surface area contributed by atoms with Crippen LogP contribution in [0.2, 0.25) is 5.02 Å². The van der Waals surface area contributed by atoms with Crippen LogP contribution in [0, 0.1) is 17.6 Å². The van der Waals surface area contributed by atoms with Gasteiger partial charge in [0.2, 0.25) is 0 Å². The molecule has 0 unspecified atom stereocenters. The summed E-state index contributed by atoms with van der Waals surface area (Å²) in [4.78, 5) is 14.7. The van der Waals surface area contributed by atoms with E-state index in [-0.39, 0.29) is 23.3 Å². The molecule has 0 saturated heterocycles. The van der Waals surface area contributed by atoms with Gasteiger partial charge in [-0.15, -0.1) is 5.10 Å². The van der Waals surface area contributed by atoms with E-state index >= 15 is 4.39 Å². The zero-order valence-corrected chi connectivity index (χ0v) is 19.6. The van der Waals surface area contributed by atoms with E-state index in [2.05, 4.69) is 18.9 Å². The third-order valence-corrected chi connectivity index (χ3v) is 6.90. The molecule has 0 amide bonds. The second-order valence-electron chi connectivity index (χ2n) is 8.46. The number of fused-ring (bicyclic) bond motifs is 1. The molecule has 0 aliphatic carbocycles. The first-order valence-corrected chi connectivity index (χ1v) is 11.5. The number of halogens is 3. The van der Waals surface area contributed by atoms with Crippen molar-refractivity contribution >= 4 is 17.3 Å². The molecule has 6 nitrogen and oxygen atoms in total. The highest BCUT2D eigenvalue weighted by Crippen LogP contribution is 2.41. The average molecular weight is 477 g/mol. The van der Waals surface area contributed by atoms with Gasteiger partial charge in [-0.1, -0.05) is 37.9 Å². The number of rotatable bonds is 6. The minimum atomic E-state index is -0.606. The summed E-state index contributed by atoms with van der Waals surface area (Å²) in [6.45, 7) is 6.63. The maximum atomic E-state index is 15.3. The zero-order valence-electron chi connectivity index (χ0n) is 18.9. The van der Waals surface area contributed by atoms with Crippen molar-refractivity contribution in [1.29, 1.82) is 0 Å². The number of nitrogens with zero attached hydrogens (tertiary/aromatic N) is 4. The van der Waals surface area contributed by atoms with Crippen molar-refractivity contribution in [2.24, 2.45) is 5.92 Å². The lowest BCUT2D eigenvalue weighted by Gasteiger charge is -2.39. The number of benzene rings is 2. The van der Waals surface area contributed by atoms with Crippen molar-refractivity contribution in [3.8, 4) is 5.69 Å². The Kier molecular flexibility index (Phi) is 6.59. The van der Waals surface area contributed by atoms with Crippen LogP contribution >= 0.6 is 11.6 Å². The Morgan fingerprint density at radius 3 is 2.61 bits per heavy atom. The minimum absolute atomic E-state index is 0.0324. The molecule has 1 aliphatic heterocycles. The number of aliphatic hydroxyl groups is 1. The van der Waals surface area contributed by atoms with Crippen LogP contribution in [-0.2, 0) is 19.7 Å². The summed E-state index contributed by atoms with van der Waals surface area (Å²) in [5.74, 6) is -0.661. The van der Waals surface area contributed by atoms with Gasteiger partial charge in [0.15, 0.2) is 5.82 Å². The number of aromatic nitrogens is 3. The highest BCUT2D eigenvalue weighted by atomic mass is 35.5. The van der Waals surface area contributed by atoms with Gasteiger partial charge in [0.05, 0.1) is 10.7 Å². The first kappa shape index (κ1) is 23.4. The molecule has 33 heavy (non-hydrogen) atoms. The molecule has 2 atom stereocenters. The summed E-state index contributed by atoms with van der Waals surface area (Å²) < 4.78 is 32.3. The van der Waals surface area contributed by atoms with Gasteiger partial charge >= 0.3 is 5.69 Å². The molecular weight excluding hydrogens is 450 g/mol. The predicted molar refractivity (Wildman–Crippen MR) is 124 cm³/mol. The summed E-state index contributed by atoms with van der Waals surface area (Å²) in [6.07, 6.45) is 0.870. The zero-order chi connectivity index (χ0) is 23.9. The predicted octanol–water partition coefficient (Wildman–Crippen LogP) is 4.63. The van der Waals surface area contributed by atoms with Crippen LogP contribution in [-0.4, -0.2) is 26.0 Å². The van der Waals surface area contributed by atoms with Crippen molar-refractivity contribution in [3.05, 3.63) is 74.4 Å². The van der Waals surface area contributed by atoms with Gasteiger partial charge in [0.1, 0.15) is 23.9 Å². The van der Waals surface area contributed by atoms with E-state index in [0.717, 1.165) is 22.2 Å². The van der Waals surface area contributed by atoms with Crippen LogP contribution < -0.4 is 10.6 Å². The van der Waals surface area contributed by atoms with Crippen LogP contribution in [0.1, 0.15) is 50.1 Å². The molecule has 4 rings (SSSR count). The first-order valence-electron chi connectivity index (χ1n) is 11.1. The van der Waals surface area contributed by atoms with Gasteiger partial charge in [0, 0.05) is 25.6 Å². The molecule has 0 saturated carbocycles. The van der Waals surface area contributed by atoms with E-state index < -0.39 is 23.9 Å². The number of hydrogen-bond donors (Lipinski definition) is 1. The Labute approximate surface area is 196 Å². The number of anilines is 1. The fraction of sp³-hybridized carbons (Fsp3) is 0.417. The Hall–Kier alpha value is -2.71. The molecule has 2 aromatic carbocycles. The standard InChI is InChI=1S/C24H27ClF2N4O2/c1-4-14(3)17-12-29(23-18(25)7-6-8-19(23)26)11-15-9-20(27)21(10-16(15)17)31-24(33)30(5-2)22(13-32)28-31/h6-10,14,17,32H,4-5,11-13H2,1-3H3/t14-,17+/m1/s1. The summed E-state index contributed by atoms with van der Waals surface area (Å²) in [5, 5.41) is 14.0. The van der Waals surface area contributed by atoms with E-state index in [1.54, 1.807) is 25.1 Å². The Morgan fingerprint density at radius 1 is 1.24 bits per heavy atom. The van der Waals surface area contributed by atoms with Crippen molar-refractivity contribution in [2.75, 3.05) is 11.4 Å². The van der Waals surface area contributed by atoms with Crippen molar-refractivity contribution in [1.82, 2.24) is 14.3 Å². The normalized spacial score (nSPS) is 16.7. The summed E-state index contributed by atoms with van der Waals surface area (Å²) >= 11 is 6.32. The average Bonchev–Trinajstić information content (AvgIpc) is 3.12. The van der Waals surface area contributed by atoms with Gasteiger partial charge in [-0.25, -0.2) is 13.6 Å². The highest BCUT2D eigenvalue weighted by molar-refractivity contribution is 6.33. The topological polar surface area (TPSA) is 63.3 Å². The molecule has 176 valence electrons. The highest BCUT2D eigenvalue weighted by Gasteiger charge is 2.32. The van der Waals surface area contributed by atoms with Gasteiger partial charge < -0.3 is 10.0 Å². The first-order chi connectivity index (χ1) is 15.8. The van der Waals surface area contributed by atoms with E-state index in [0.29, 0.717) is 30.3 Å².